The molecule has 0 radical (unpaired) electrons. The van der Waals surface area contributed by atoms with E-state index in [4.69, 9.17) is 18.0 Å². The molecule has 0 aliphatic carbocycles. The van der Waals surface area contributed by atoms with Crippen molar-refractivity contribution >= 4 is 50.4 Å². The van der Waals surface area contributed by atoms with Gasteiger partial charge in [0.15, 0.2) is 0 Å². The molecule has 3 N–H and O–H groups in total. The molecule has 0 saturated heterocycles. The first-order valence-corrected chi connectivity index (χ1v) is 6.68. The van der Waals surface area contributed by atoms with E-state index < -0.39 is 5.41 Å². The molecule has 0 unspecified atom stereocenters. The molecular formula is C10H13BrN2OS2. The summed E-state index contributed by atoms with van der Waals surface area (Å²) < 4.78 is 1.05. The molecule has 1 amide bonds. The van der Waals surface area contributed by atoms with Gasteiger partial charge in [-0.25, -0.2) is 0 Å². The number of thiocarbonyl (C=S) groups is 1. The van der Waals surface area contributed by atoms with Crippen molar-refractivity contribution in [1.82, 2.24) is 5.32 Å². The van der Waals surface area contributed by atoms with Gasteiger partial charge >= 0.3 is 0 Å². The number of hydrogen-bond donors (Lipinski definition) is 2. The zero-order valence-corrected chi connectivity index (χ0v) is 12.3. The van der Waals surface area contributed by atoms with Gasteiger partial charge in [-0.15, -0.1) is 11.3 Å². The lowest BCUT2D eigenvalue weighted by Gasteiger charge is -2.21. The minimum absolute atomic E-state index is 0.149. The average molecular weight is 321 g/mol. The number of nitrogens with two attached hydrogens (primary N) is 1. The van der Waals surface area contributed by atoms with E-state index in [0.29, 0.717) is 6.54 Å². The molecule has 0 aromatic carbocycles. The highest BCUT2D eigenvalue weighted by Gasteiger charge is 2.30. The van der Waals surface area contributed by atoms with E-state index in [1.54, 1.807) is 25.2 Å². The maximum Gasteiger partial charge on any atom is 0.232 e. The molecule has 1 aromatic heterocycles. The third-order valence-corrected chi connectivity index (χ3v) is 4.37. The van der Waals surface area contributed by atoms with E-state index in [1.807, 2.05) is 12.1 Å². The molecule has 1 rings (SSSR count). The molecule has 0 atom stereocenters. The van der Waals surface area contributed by atoms with Crippen LogP contribution in [0, 0.1) is 5.41 Å². The lowest BCUT2D eigenvalue weighted by atomic mass is 9.92. The Labute approximate surface area is 113 Å². The van der Waals surface area contributed by atoms with Gasteiger partial charge in [0.2, 0.25) is 5.91 Å². The van der Waals surface area contributed by atoms with Crippen molar-refractivity contribution in [3.63, 3.8) is 0 Å². The Morgan fingerprint density at radius 3 is 2.69 bits per heavy atom. The van der Waals surface area contributed by atoms with E-state index in [0.717, 1.165) is 8.66 Å². The first kappa shape index (κ1) is 13.6. The Balaban J connectivity index is 2.56. The van der Waals surface area contributed by atoms with Crippen molar-refractivity contribution in [3.8, 4) is 0 Å². The number of halogens is 1. The molecule has 6 heteroatoms. The highest BCUT2D eigenvalue weighted by molar-refractivity contribution is 9.11. The Morgan fingerprint density at radius 1 is 1.62 bits per heavy atom. The normalized spacial score (nSPS) is 11.2. The molecule has 0 aliphatic rings. The first-order chi connectivity index (χ1) is 7.34. The molecule has 0 aliphatic heterocycles. The van der Waals surface area contributed by atoms with E-state index in [2.05, 4.69) is 21.2 Å². The minimum atomic E-state index is -0.802. The van der Waals surface area contributed by atoms with Crippen molar-refractivity contribution < 1.29 is 4.79 Å². The third kappa shape index (κ3) is 3.26. The third-order valence-electron chi connectivity index (χ3n) is 2.24. The van der Waals surface area contributed by atoms with Crippen LogP contribution in [0.15, 0.2) is 15.9 Å². The molecule has 0 spiro atoms. The van der Waals surface area contributed by atoms with Crippen molar-refractivity contribution in [1.29, 1.82) is 0 Å². The number of hydrogen-bond acceptors (Lipinski definition) is 3. The average Bonchev–Trinajstić information content (AvgIpc) is 2.60. The second-order valence-corrected chi connectivity index (χ2v) is 6.87. The quantitative estimate of drug-likeness (QED) is 0.838. The van der Waals surface area contributed by atoms with Gasteiger partial charge < -0.3 is 11.1 Å². The van der Waals surface area contributed by atoms with Gasteiger partial charge in [-0.05, 0) is 41.9 Å². The zero-order valence-electron chi connectivity index (χ0n) is 9.04. The molecule has 0 bridgehead atoms. The van der Waals surface area contributed by atoms with Crippen LogP contribution >= 0.6 is 39.5 Å². The van der Waals surface area contributed by atoms with Crippen LogP contribution in [-0.2, 0) is 11.3 Å². The Bertz CT molecular complexity index is 415. The maximum absolute atomic E-state index is 11.8. The fraction of sp³-hybridized carbons (Fsp3) is 0.400. The predicted molar refractivity (Wildman–Crippen MR) is 74.4 cm³/mol. The summed E-state index contributed by atoms with van der Waals surface area (Å²) in [6, 6.07) is 3.91. The number of nitrogens with one attached hydrogen (secondary N) is 1. The van der Waals surface area contributed by atoms with Crippen molar-refractivity contribution in [2.24, 2.45) is 11.1 Å². The molecule has 16 heavy (non-hydrogen) atoms. The molecule has 0 fully saturated rings. The van der Waals surface area contributed by atoms with Crippen molar-refractivity contribution in [2.45, 2.75) is 20.4 Å². The van der Waals surface area contributed by atoms with Gasteiger partial charge in [-0.2, -0.15) is 0 Å². The van der Waals surface area contributed by atoms with Crippen LogP contribution in [0.1, 0.15) is 18.7 Å². The predicted octanol–water partition coefficient (Wildman–Crippen LogP) is 2.44. The van der Waals surface area contributed by atoms with Gasteiger partial charge in [-0.1, -0.05) is 12.2 Å². The van der Waals surface area contributed by atoms with Gasteiger partial charge in [0, 0.05) is 4.88 Å². The molecule has 1 aromatic rings. The highest BCUT2D eigenvalue weighted by atomic mass is 79.9. The largest absolute Gasteiger partial charge is 0.392 e. The molecule has 0 saturated carbocycles. The smallest absolute Gasteiger partial charge is 0.232 e. The fourth-order valence-corrected chi connectivity index (χ4v) is 2.46. The highest BCUT2D eigenvalue weighted by Crippen LogP contribution is 2.22. The van der Waals surface area contributed by atoms with E-state index in [-0.39, 0.29) is 10.9 Å². The van der Waals surface area contributed by atoms with Crippen LogP contribution in [0.4, 0.5) is 0 Å². The lowest BCUT2D eigenvalue weighted by molar-refractivity contribution is -0.126. The van der Waals surface area contributed by atoms with Gasteiger partial charge in [-0.3, -0.25) is 4.79 Å². The van der Waals surface area contributed by atoms with Crippen LogP contribution < -0.4 is 11.1 Å². The fourth-order valence-electron chi connectivity index (χ4n) is 0.947. The van der Waals surface area contributed by atoms with Crippen molar-refractivity contribution in [3.05, 3.63) is 20.8 Å². The number of rotatable bonds is 4. The summed E-state index contributed by atoms with van der Waals surface area (Å²) in [6.07, 6.45) is 0. The van der Waals surface area contributed by atoms with Crippen LogP contribution in [0.3, 0.4) is 0 Å². The maximum atomic E-state index is 11.8. The second-order valence-electron chi connectivity index (χ2n) is 3.88. The molecule has 1 heterocycles. The summed E-state index contributed by atoms with van der Waals surface area (Å²) in [4.78, 5) is 13.1. The van der Waals surface area contributed by atoms with E-state index in [1.165, 1.54) is 0 Å². The molecule has 3 nitrogen and oxygen atoms in total. The summed E-state index contributed by atoms with van der Waals surface area (Å²) in [5.41, 5.74) is 4.71. The minimum Gasteiger partial charge on any atom is -0.392 e. The second kappa shape index (κ2) is 5.25. The van der Waals surface area contributed by atoms with Crippen LogP contribution in [0.25, 0.3) is 0 Å². The zero-order chi connectivity index (χ0) is 12.3. The van der Waals surface area contributed by atoms with E-state index in [9.17, 15) is 4.79 Å². The first-order valence-electron chi connectivity index (χ1n) is 4.66. The number of amides is 1. The summed E-state index contributed by atoms with van der Waals surface area (Å²) >= 11 is 9.81. The summed E-state index contributed by atoms with van der Waals surface area (Å²) in [5.74, 6) is -0.149. The summed E-state index contributed by atoms with van der Waals surface area (Å²) in [7, 11) is 0. The van der Waals surface area contributed by atoms with Gasteiger partial charge in [0.05, 0.1) is 20.7 Å². The number of carbonyl (C=O) groups is 1. The SMILES string of the molecule is CC(C)(C(=O)NCc1ccc(Br)s1)C(N)=S. The van der Waals surface area contributed by atoms with Crippen LogP contribution in [0.2, 0.25) is 0 Å². The standard InChI is InChI=1S/C10H13BrN2OS2/c1-10(2,8(12)15)9(14)13-5-6-3-4-7(11)16-6/h3-4H,5H2,1-2H3,(H2,12,15)(H,13,14). The summed E-state index contributed by atoms with van der Waals surface area (Å²) in [5, 5.41) is 2.82. The van der Waals surface area contributed by atoms with Crippen LogP contribution in [-0.4, -0.2) is 10.9 Å². The Kier molecular flexibility index (Phi) is 4.46. The summed E-state index contributed by atoms with van der Waals surface area (Å²) in [6.45, 7) is 3.94. The van der Waals surface area contributed by atoms with Gasteiger partial charge in [0.25, 0.3) is 0 Å². The molecule has 88 valence electrons. The monoisotopic (exact) mass is 320 g/mol. The number of thiophene rings is 1. The number of carbonyl (C=O) groups excluding carboxylic acids is 1. The topological polar surface area (TPSA) is 55.1 Å². The van der Waals surface area contributed by atoms with Crippen LogP contribution in [0.5, 0.6) is 0 Å². The lowest BCUT2D eigenvalue weighted by Crippen LogP contribution is -2.44. The molecular weight excluding hydrogens is 308 g/mol. The van der Waals surface area contributed by atoms with E-state index >= 15 is 0 Å². The Hall–Kier alpha value is -0.460. The van der Waals surface area contributed by atoms with Crippen molar-refractivity contribution in [2.75, 3.05) is 0 Å². The van der Waals surface area contributed by atoms with Gasteiger partial charge in [0.1, 0.15) is 0 Å². The Morgan fingerprint density at radius 2 is 2.25 bits per heavy atom.